The molecular formula is C36H40N8O4S. The van der Waals surface area contributed by atoms with Crippen molar-refractivity contribution in [2.24, 2.45) is 5.92 Å². The predicted octanol–water partition coefficient (Wildman–Crippen LogP) is 4.79. The summed E-state index contributed by atoms with van der Waals surface area (Å²) in [7, 11) is 0. The number of aryl methyl sites for hydroxylation is 1. The molecule has 1 aliphatic rings. The molecule has 2 aromatic carbocycles. The summed E-state index contributed by atoms with van der Waals surface area (Å²) < 4.78 is 7.77. The van der Waals surface area contributed by atoms with Gasteiger partial charge in [-0.2, -0.15) is 5.10 Å². The summed E-state index contributed by atoms with van der Waals surface area (Å²) in [5.74, 6) is -0.486. The van der Waals surface area contributed by atoms with Gasteiger partial charge >= 0.3 is 0 Å². The zero-order chi connectivity index (χ0) is 34.5. The van der Waals surface area contributed by atoms with Crippen molar-refractivity contribution in [1.82, 2.24) is 40.6 Å². The third-order valence-electron chi connectivity index (χ3n) is 8.32. The molecule has 254 valence electrons. The molecule has 4 heterocycles. The summed E-state index contributed by atoms with van der Waals surface area (Å²) in [5, 5.41) is 16.0. The quantitative estimate of drug-likeness (QED) is 0.232. The molecule has 0 aliphatic carbocycles. The average molecular weight is 681 g/mol. The second-order valence-electron chi connectivity index (χ2n) is 12.7. The van der Waals surface area contributed by atoms with Crippen LogP contribution in [0.25, 0.3) is 5.69 Å². The number of rotatable bonds is 6. The smallest absolute Gasteiger partial charge is 0.274 e. The largest absolute Gasteiger partial charge is 0.443 e. The molecule has 0 spiro atoms. The lowest BCUT2D eigenvalue weighted by Gasteiger charge is -2.28. The van der Waals surface area contributed by atoms with Crippen LogP contribution in [0, 0.1) is 12.8 Å². The van der Waals surface area contributed by atoms with Crippen molar-refractivity contribution in [2.45, 2.75) is 58.8 Å². The van der Waals surface area contributed by atoms with Crippen LogP contribution in [0.2, 0.25) is 0 Å². The standard InChI is InChI=1S/C36H40N8O4S/c1-22(2)31-35-42-32(24(4)48-35)34(47)38-23(3)36-40-29(21-49-36)33(46)39-27(15-25-11-7-5-8-12-25)19-43(20-30(45)41-31)17-26-16-37-44(18-26)28-13-9-6-10-14-28/h5-14,16,18,21-23,27,31H,15,17,19-20H2,1-4H3,(H,38,47)(H,39,46)(H,41,45)/t23-,27-,31+/m1/s1. The molecule has 0 saturated carbocycles. The van der Waals surface area contributed by atoms with Crippen molar-refractivity contribution >= 4 is 29.1 Å². The Kier molecular flexibility index (Phi) is 10.3. The maximum Gasteiger partial charge on any atom is 0.274 e. The van der Waals surface area contributed by atoms with Crippen molar-refractivity contribution in [3.8, 4) is 5.69 Å². The summed E-state index contributed by atoms with van der Waals surface area (Å²) in [6.45, 7) is 8.18. The average Bonchev–Trinajstić information content (AvgIpc) is 3.84. The van der Waals surface area contributed by atoms with Gasteiger partial charge in [-0.1, -0.05) is 62.4 Å². The predicted molar refractivity (Wildman–Crippen MR) is 185 cm³/mol. The highest BCUT2D eigenvalue weighted by atomic mass is 32.1. The van der Waals surface area contributed by atoms with Crippen LogP contribution in [-0.4, -0.2) is 61.5 Å². The number of oxazole rings is 1. The van der Waals surface area contributed by atoms with E-state index in [0.29, 0.717) is 30.3 Å². The Morgan fingerprint density at radius 2 is 1.67 bits per heavy atom. The van der Waals surface area contributed by atoms with Gasteiger partial charge in [-0.05, 0) is 43.9 Å². The van der Waals surface area contributed by atoms with Gasteiger partial charge in [-0.15, -0.1) is 11.3 Å². The second kappa shape index (κ2) is 15.0. The minimum absolute atomic E-state index is 0.0201. The van der Waals surface area contributed by atoms with Gasteiger partial charge in [0.15, 0.2) is 5.69 Å². The molecule has 0 radical (unpaired) electrons. The van der Waals surface area contributed by atoms with Crippen molar-refractivity contribution < 1.29 is 18.8 Å². The number of carbonyl (C=O) groups is 3. The lowest BCUT2D eigenvalue weighted by Crippen LogP contribution is -2.48. The van der Waals surface area contributed by atoms with Gasteiger partial charge in [-0.3, -0.25) is 19.3 Å². The summed E-state index contributed by atoms with van der Waals surface area (Å²) in [5.41, 5.74) is 3.26. The second-order valence-corrected chi connectivity index (χ2v) is 13.6. The molecule has 3 amide bonds. The van der Waals surface area contributed by atoms with Crippen molar-refractivity contribution in [3.05, 3.63) is 118 Å². The Morgan fingerprint density at radius 3 is 2.41 bits per heavy atom. The Morgan fingerprint density at radius 1 is 0.939 bits per heavy atom. The number of benzene rings is 2. The zero-order valence-corrected chi connectivity index (χ0v) is 28.7. The number of para-hydroxylation sites is 1. The van der Waals surface area contributed by atoms with Crippen LogP contribution < -0.4 is 16.0 Å². The molecule has 4 bridgehead atoms. The molecule has 0 saturated heterocycles. The van der Waals surface area contributed by atoms with Crippen LogP contribution in [0.15, 0.2) is 82.9 Å². The number of amides is 3. The number of nitrogens with one attached hydrogen (secondary N) is 3. The van der Waals surface area contributed by atoms with Gasteiger partial charge in [0.25, 0.3) is 11.8 Å². The molecule has 6 rings (SSSR count). The maximum absolute atomic E-state index is 13.8. The van der Waals surface area contributed by atoms with E-state index in [9.17, 15) is 14.4 Å². The Hall–Kier alpha value is -5.14. The highest BCUT2D eigenvalue weighted by Crippen LogP contribution is 2.25. The van der Waals surface area contributed by atoms with Crippen LogP contribution in [0.5, 0.6) is 0 Å². The Balaban J connectivity index is 1.35. The number of aromatic nitrogens is 4. The van der Waals surface area contributed by atoms with Gasteiger partial charge in [0.1, 0.15) is 22.5 Å². The molecule has 3 N–H and O–H groups in total. The highest BCUT2D eigenvalue weighted by molar-refractivity contribution is 7.09. The normalized spacial score (nSPS) is 19.5. The first kappa shape index (κ1) is 33.7. The number of fused-ring (bicyclic) bond motifs is 4. The minimum Gasteiger partial charge on any atom is -0.443 e. The van der Waals surface area contributed by atoms with Crippen LogP contribution in [0.3, 0.4) is 0 Å². The summed E-state index contributed by atoms with van der Waals surface area (Å²) in [4.78, 5) is 51.9. The summed E-state index contributed by atoms with van der Waals surface area (Å²) in [6.07, 6.45) is 4.27. The molecule has 3 atom stereocenters. The molecule has 0 fully saturated rings. The van der Waals surface area contributed by atoms with Gasteiger partial charge < -0.3 is 20.4 Å². The minimum atomic E-state index is -0.576. The van der Waals surface area contributed by atoms with E-state index in [1.807, 2.05) is 85.6 Å². The monoisotopic (exact) mass is 680 g/mol. The molecule has 3 aromatic heterocycles. The zero-order valence-electron chi connectivity index (χ0n) is 27.9. The molecule has 13 heteroatoms. The van der Waals surface area contributed by atoms with E-state index in [-0.39, 0.29) is 47.6 Å². The van der Waals surface area contributed by atoms with Crippen LogP contribution >= 0.6 is 11.3 Å². The highest BCUT2D eigenvalue weighted by Gasteiger charge is 2.30. The number of hydrogen-bond donors (Lipinski definition) is 3. The molecule has 1 aliphatic heterocycles. The number of hydrogen-bond acceptors (Lipinski definition) is 9. The molecule has 12 nitrogen and oxygen atoms in total. The van der Waals surface area contributed by atoms with Crippen molar-refractivity contribution in [3.63, 3.8) is 0 Å². The molecular weight excluding hydrogens is 641 g/mol. The van der Waals surface area contributed by atoms with Crippen molar-refractivity contribution in [1.29, 1.82) is 0 Å². The van der Waals surface area contributed by atoms with E-state index in [2.05, 4.69) is 31.0 Å². The van der Waals surface area contributed by atoms with Crippen LogP contribution in [0.4, 0.5) is 0 Å². The fourth-order valence-corrected chi connectivity index (χ4v) is 6.66. The maximum atomic E-state index is 13.8. The van der Waals surface area contributed by atoms with E-state index in [4.69, 9.17) is 4.42 Å². The first-order valence-corrected chi connectivity index (χ1v) is 17.2. The first-order valence-electron chi connectivity index (χ1n) is 16.3. The third kappa shape index (κ3) is 8.30. The summed E-state index contributed by atoms with van der Waals surface area (Å²) >= 11 is 1.30. The van der Waals surface area contributed by atoms with Crippen molar-refractivity contribution in [2.75, 3.05) is 13.1 Å². The van der Waals surface area contributed by atoms with Crippen LogP contribution in [-0.2, 0) is 17.8 Å². The van der Waals surface area contributed by atoms with Gasteiger partial charge in [0.2, 0.25) is 11.8 Å². The first-order chi connectivity index (χ1) is 23.6. The third-order valence-corrected chi connectivity index (χ3v) is 9.35. The van der Waals surface area contributed by atoms with Gasteiger partial charge in [0.05, 0.1) is 24.5 Å². The van der Waals surface area contributed by atoms with Gasteiger partial charge in [0, 0.05) is 36.3 Å². The number of carbonyl (C=O) groups excluding carboxylic acids is 3. The number of thiazole rings is 1. The van der Waals surface area contributed by atoms with E-state index in [1.165, 1.54) is 11.3 Å². The Bertz CT molecular complexity index is 1900. The lowest BCUT2D eigenvalue weighted by atomic mass is 10.0. The van der Waals surface area contributed by atoms with E-state index < -0.39 is 18.0 Å². The number of nitrogens with zero attached hydrogens (tertiary/aromatic N) is 5. The fourth-order valence-electron chi connectivity index (χ4n) is 5.85. The topological polar surface area (TPSA) is 147 Å². The lowest BCUT2D eigenvalue weighted by molar-refractivity contribution is -0.123. The van der Waals surface area contributed by atoms with Crippen LogP contribution in [0.1, 0.15) is 81.6 Å². The van der Waals surface area contributed by atoms with Gasteiger partial charge in [-0.25, -0.2) is 14.6 Å². The fraction of sp³-hybridized carbons (Fsp3) is 0.333. The van der Waals surface area contributed by atoms with E-state index in [1.54, 1.807) is 30.1 Å². The van der Waals surface area contributed by atoms with E-state index in [0.717, 1.165) is 16.8 Å². The molecule has 5 aromatic rings. The summed E-state index contributed by atoms with van der Waals surface area (Å²) in [6, 6.07) is 18.3. The van der Waals surface area contributed by atoms with E-state index >= 15 is 0 Å². The molecule has 0 unspecified atom stereocenters. The molecule has 49 heavy (non-hydrogen) atoms. The Labute approximate surface area is 289 Å². The SMILES string of the molecule is Cc1oc2nc1C(=O)N[C@H](C)c1nc(cs1)C(=O)N[C@H](Cc1ccccc1)CN(Cc1cnn(-c3ccccc3)c1)CC(=O)N[C@H]2C(C)C.